The summed E-state index contributed by atoms with van der Waals surface area (Å²) in [5, 5.41) is 28.2. The van der Waals surface area contributed by atoms with E-state index in [1.165, 1.54) is 11.8 Å². The summed E-state index contributed by atoms with van der Waals surface area (Å²) >= 11 is 0. The second-order valence-corrected chi connectivity index (χ2v) is 12.0. The number of rotatable bonds is 8. The van der Waals surface area contributed by atoms with E-state index in [0.717, 1.165) is 38.6 Å². The van der Waals surface area contributed by atoms with Crippen LogP contribution >= 0.6 is 0 Å². The Labute approximate surface area is 288 Å². The first-order valence-electron chi connectivity index (χ1n) is 15.9. The summed E-state index contributed by atoms with van der Waals surface area (Å²) in [5.41, 5.74) is 19.9. The highest BCUT2D eigenvalue weighted by Gasteiger charge is 2.44. The fourth-order valence-electron chi connectivity index (χ4n) is 6.07. The molecule has 13 nitrogen and oxygen atoms in total. The molecule has 1 fully saturated rings. The molecule has 1 heterocycles. The quantitative estimate of drug-likeness (QED) is 0.156. The normalized spacial score (nSPS) is 17.1. The van der Waals surface area contributed by atoms with Crippen molar-refractivity contribution in [3.63, 3.8) is 0 Å². The Morgan fingerprint density at radius 2 is 1.34 bits per heavy atom. The first-order chi connectivity index (χ1) is 23.8. The Hall–Kier alpha value is -5.79. The van der Waals surface area contributed by atoms with E-state index in [0.29, 0.717) is 13.0 Å². The highest BCUT2D eigenvalue weighted by molar-refractivity contribution is 5.86. The van der Waals surface area contributed by atoms with Crippen LogP contribution < -0.4 is 17.2 Å². The summed E-state index contributed by atoms with van der Waals surface area (Å²) in [6.45, 7) is 1.95. The number of carboxylic acids is 3. The van der Waals surface area contributed by atoms with Crippen LogP contribution in [-0.4, -0.2) is 81.4 Å². The summed E-state index contributed by atoms with van der Waals surface area (Å²) in [6, 6.07) is 27.5. The van der Waals surface area contributed by atoms with Crippen molar-refractivity contribution >= 4 is 40.7 Å². The van der Waals surface area contributed by atoms with Crippen LogP contribution in [-0.2, 0) is 23.9 Å². The van der Waals surface area contributed by atoms with Gasteiger partial charge in [-0.15, -0.1) is 0 Å². The minimum atomic E-state index is -1.21. The SMILES string of the molecule is C[C@H](N)C(=O)O.NC(=O)C[C@H](N)C(=O)O.O=C(O)[C@@H]1[C@@H](c2ccc3ccccc3c2)CCN1C(=O)OCC1c2ccccc2-c2ccccc21. The third-order valence-electron chi connectivity index (χ3n) is 8.55. The third kappa shape index (κ3) is 8.81. The van der Waals surface area contributed by atoms with E-state index in [4.69, 9.17) is 26.4 Å². The van der Waals surface area contributed by atoms with Gasteiger partial charge in [0.15, 0.2) is 0 Å². The van der Waals surface area contributed by atoms with E-state index in [2.05, 4.69) is 30.0 Å². The van der Waals surface area contributed by atoms with E-state index in [9.17, 15) is 29.1 Å². The first-order valence-corrected chi connectivity index (χ1v) is 15.9. The molecule has 2 amide bonds. The second-order valence-electron chi connectivity index (χ2n) is 12.0. The van der Waals surface area contributed by atoms with Gasteiger partial charge in [0.1, 0.15) is 24.7 Å². The maximum absolute atomic E-state index is 13.2. The number of amides is 2. The van der Waals surface area contributed by atoms with E-state index >= 15 is 0 Å². The summed E-state index contributed by atoms with van der Waals surface area (Å²) in [6.07, 6.45) is -0.294. The lowest BCUT2D eigenvalue weighted by molar-refractivity contribution is -0.142. The van der Waals surface area contributed by atoms with E-state index in [1.54, 1.807) is 0 Å². The van der Waals surface area contributed by atoms with Gasteiger partial charge in [0, 0.05) is 18.4 Å². The van der Waals surface area contributed by atoms with Gasteiger partial charge in [0.25, 0.3) is 0 Å². The molecular weight excluding hydrogens is 644 g/mol. The van der Waals surface area contributed by atoms with Gasteiger partial charge in [-0.05, 0) is 51.9 Å². The number of carbonyl (C=O) groups excluding carboxylic acids is 2. The Morgan fingerprint density at radius 1 is 0.800 bits per heavy atom. The lowest BCUT2D eigenvalue weighted by atomic mass is 9.90. The van der Waals surface area contributed by atoms with Crippen LogP contribution in [0, 0.1) is 0 Å². The monoisotopic (exact) mass is 684 g/mol. The molecule has 4 atom stereocenters. The predicted molar refractivity (Wildman–Crippen MR) is 185 cm³/mol. The molecule has 0 aromatic heterocycles. The van der Waals surface area contributed by atoms with Crippen LogP contribution in [0.5, 0.6) is 0 Å². The van der Waals surface area contributed by atoms with Crippen LogP contribution in [0.1, 0.15) is 48.3 Å². The first kappa shape index (κ1) is 37.0. The number of nitrogens with two attached hydrogens (primary N) is 3. The minimum absolute atomic E-state index is 0.0616. The van der Waals surface area contributed by atoms with Crippen molar-refractivity contribution in [2.75, 3.05) is 13.2 Å². The standard InChI is InChI=1S/C30H25NO4.C4H8N2O3.C3H7NO2/c32-29(33)28-22(21-14-13-19-7-1-2-8-20(19)17-21)15-16-31(28)30(34)35-18-27-25-11-5-3-9-23(25)24-10-4-6-12-26(24)27;5-2(4(8)9)1-3(6)7;1-2(4)3(5)6/h1-14,17,22,27-28H,15-16,18H2,(H,32,33);2H,1,5H2,(H2,6,7)(H,8,9);2H,4H2,1H3,(H,5,6)/t22-,28+;2*2-/m100/s1. The van der Waals surface area contributed by atoms with E-state index in [-0.39, 0.29) is 24.9 Å². The molecule has 0 spiro atoms. The fraction of sp³-hybridized carbons (Fsp3) is 0.270. The summed E-state index contributed by atoms with van der Waals surface area (Å²) in [4.78, 5) is 56.3. The van der Waals surface area contributed by atoms with Crippen molar-refractivity contribution in [2.45, 2.75) is 49.7 Å². The lowest BCUT2D eigenvalue weighted by Crippen LogP contribution is -2.43. The zero-order valence-corrected chi connectivity index (χ0v) is 27.3. The van der Waals surface area contributed by atoms with Crippen LogP contribution in [0.15, 0.2) is 91.0 Å². The van der Waals surface area contributed by atoms with Gasteiger partial charge >= 0.3 is 24.0 Å². The molecule has 0 bridgehead atoms. The number of nitrogens with zero attached hydrogens (tertiary/aromatic N) is 1. The van der Waals surface area contributed by atoms with Crippen LogP contribution in [0.2, 0.25) is 0 Å². The second kappa shape index (κ2) is 16.5. The maximum atomic E-state index is 13.2. The molecule has 4 aromatic rings. The molecule has 262 valence electrons. The summed E-state index contributed by atoms with van der Waals surface area (Å²) in [5.74, 6) is -4.23. The Bertz CT molecular complexity index is 1830. The zero-order valence-electron chi connectivity index (χ0n) is 27.3. The van der Waals surface area contributed by atoms with Crippen LogP contribution in [0.3, 0.4) is 0 Å². The largest absolute Gasteiger partial charge is 0.480 e. The molecule has 2 aliphatic rings. The molecule has 6 rings (SSSR count). The highest BCUT2D eigenvalue weighted by atomic mass is 16.6. The number of likely N-dealkylation sites (tertiary alicyclic amines) is 1. The molecule has 1 aliphatic carbocycles. The number of aliphatic carboxylic acids is 3. The van der Waals surface area contributed by atoms with Crippen LogP contribution in [0.25, 0.3) is 21.9 Å². The van der Waals surface area contributed by atoms with Crippen molar-refractivity contribution in [1.82, 2.24) is 4.90 Å². The van der Waals surface area contributed by atoms with Gasteiger partial charge in [-0.3, -0.25) is 19.3 Å². The molecule has 0 unspecified atom stereocenters. The maximum Gasteiger partial charge on any atom is 0.410 e. The number of primary amides is 1. The Balaban J connectivity index is 0.000000315. The Morgan fingerprint density at radius 3 is 1.84 bits per heavy atom. The van der Waals surface area contributed by atoms with Gasteiger partial charge in [-0.2, -0.15) is 0 Å². The predicted octanol–water partition coefficient (Wildman–Crippen LogP) is 3.72. The molecule has 1 saturated heterocycles. The van der Waals surface area contributed by atoms with Gasteiger partial charge in [-0.25, -0.2) is 9.59 Å². The average Bonchev–Trinajstić information content (AvgIpc) is 3.68. The van der Waals surface area contributed by atoms with Gasteiger partial charge in [0.2, 0.25) is 5.91 Å². The molecule has 0 radical (unpaired) electrons. The molecule has 50 heavy (non-hydrogen) atoms. The van der Waals surface area contributed by atoms with Gasteiger partial charge in [-0.1, -0.05) is 91.0 Å². The molecular formula is C37H40N4O9. The zero-order chi connectivity index (χ0) is 36.5. The Kier molecular flexibility index (Phi) is 12.3. The van der Waals surface area contributed by atoms with E-state index < -0.39 is 48.0 Å². The molecule has 4 aromatic carbocycles. The van der Waals surface area contributed by atoms with Crippen molar-refractivity contribution in [2.24, 2.45) is 17.2 Å². The fourth-order valence-corrected chi connectivity index (χ4v) is 6.07. The number of benzene rings is 4. The number of hydrogen-bond donors (Lipinski definition) is 6. The number of carboxylic acid groups (broad SMARTS) is 3. The molecule has 13 heteroatoms. The number of carbonyl (C=O) groups is 5. The summed E-state index contributed by atoms with van der Waals surface area (Å²) in [7, 11) is 0. The number of ether oxygens (including phenoxy) is 1. The third-order valence-corrected chi connectivity index (χ3v) is 8.55. The van der Waals surface area contributed by atoms with Gasteiger partial charge in [0.05, 0.1) is 6.42 Å². The molecule has 1 aliphatic heterocycles. The topological polar surface area (TPSA) is 237 Å². The lowest BCUT2D eigenvalue weighted by Gasteiger charge is -2.25. The molecule has 0 saturated carbocycles. The summed E-state index contributed by atoms with van der Waals surface area (Å²) < 4.78 is 5.78. The minimum Gasteiger partial charge on any atom is -0.480 e. The van der Waals surface area contributed by atoms with E-state index in [1.807, 2.05) is 66.7 Å². The highest BCUT2D eigenvalue weighted by Crippen LogP contribution is 2.45. The number of hydrogen-bond acceptors (Lipinski definition) is 8. The van der Waals surface area contributed by atoms with Crippen molar-refractivity contribution in [3.05, 3.63) is 108 Å². The van der Waals surface area contributed by atoms with Crippen molar-refractivity contribution in [1.29, 1.82) is 0 Å². The average molecular weight is 685 g/mol. The number of fused-ring (bicyclic) bond motifs is 4. The molecule has 9 N–H and O–H groups in total. The van der Waals surface area contributed by atoms with Crippen molar-refractivity contribution < 1.29 is 44.0 Å². The van der Waals surface area contributed by atoms with Crippen LogP contribution in [0.4, 0.5) is 4.79 Å². The van der Waals surface area contributed by atoms with Gasteiger partial charge < -0.3 is 37.3 Å². The smallest absolute Gasteiger partial charge is 0.410 e. The van der Waals surface area contributed by atoms with Crippen molar-refractivity contribution in [3.8, 4) is 11.1 Å².